The number of rotatable bonds is 20. The molecule has 1 amide bonds. The molecule has 0 aliphatic heterocycles. The Labute approximate surface area is 224 Å². The lowest BCUT2D eigenvalue weighted by molar-refractivity contribution is 0.0949. The highest BCUT2D eigenvalue weighted by molar-refractivity contribution is 5.93. The van der Waals surface area contributed by atoms with Crippen LogP contribution in [-0.2, 0) is 13.1 Å². The predicted molar refractivity (Wildman–Crippen MR) is 155 cm³/mol. The van der Waals surface area contributed by atoms with E-state index in [4.69, 9.17) is 4.98 Å². The van der Waals surface area contributed by atoms with Crippen molar-refractivity contribution >= 4 is 16.9 Å². The van der Waals surface area contributed by atoms with E-state index in [1.165, 1.54) is 96.3 Å². The number of unbranched alkanes of at least 4 members (excludes halogenated alkanes) is 15. The summed E-state index contributed by atoms with van der Waals surface area (Å²) in [6.07, 6.45) is 25.3. The molecule has 37 heavy (non-hydrogen) atoms. The Bertz CT molecular complexity index is 1010. The fourth-order valence-electron chi connectivity index (χ4n) is 5.09. The molecule has 0 atom stereocenters. The summed E-state index contributed by atoms with van der Waals surface area (Å²) in [6, 6.07) is 11.7. The van der Waals surface area contributed by atoms with E-state index >= 15 is 0 Å². The van der Waals surface area contributed by atoms with Gasteiger partial charge in [0.15, 0.2) is 0 Å². The molecule has 0 unspecified atom stereocenters. The number of benzene rings is 1. The molecule has 5 nitrogen and oxygen atoms in total. The van der Waals surface area contributed by atoms with E-state index in [-0.39, 0.29) is 5.91 Å². The first kappa shape index (κ1) is 28.9. The SMILES string of the molecule is CCCCCCCCCCCCCCCCCCn1c(CNC(=O)c2ccncc2)nc2ccccc21. The van der Waals surface area contributed by atoms with Crippen molar-refractivity contribution in [2.45, 2.75) is 123 Å². The van der Waals surface area contributed by atoms with E-state index in [1.54, 1.807) is 24.5 Å². The van der Waals surface area contributed by atoms with Crippen LogP contribution in [-0.4, -0.2) is 20.4 Å². The number of pyridine rings is 1. The van der Waals surface area contributed by atoms with Gasteiger partial charge in [0.05, 0.1) is 17.6 Å². The largest absolute Gasteiger partial charge is 0.345 e. The number of carbonyl (C=O) groups excluding carboxylic acids is 1. The Kier molecular flexibility index (Phi) is 13.8. The summed E-state index contributed by atoms with van der Waals surface area (Å²) in [5, 5.41) is 3.02. The molecule has 0 aliphatic rings. The van der Waals surface area contributed by atoms with Crippen molar-refractivity contribution in [1.29, 1.82) is 0 Å². The zero-order chi connectivity index (χ0) is 26.0. The Morgan fingerprint density at radius 1 is 0.730 bits per heavy atom. The number of aromatic nitrogens is 3. The van der Waals surface area contributed by atoms with Crippen molar-refractivity contribution in [3.8, 4) is 0 Å². The van der Waals surface area contributed by atoms with Gasteiger partial charge in [0.2, 0.25) is 0 Å². The number of nitrogens with zero attached hydrogens (tertiary/aromatic N) is 3. The molecular formula is C32H48N4O. The van der Waals surface area contributed by atoms with Crippen LogP contribution in [0.2, 0.25) is 0 Å². The van der Waals surface area contributed by atoms with E-state index in [1.807, 2.05) is 12.1 Å². The van der Waals surface area contributed by atoms with Crippen LogP contribution in [0.5, 0.6) is 0 Å². The number of imidazole rings is 1. The van der Waals surface area contributed by atoms with Gasteiger partial charge in [-0.1, -0.05) is 115 Å². The Morgan fingerprint density at radius 3 is 1.86 bits per heavy atom. The van der Waals surface area contributed by atoms with Gasteiger partial charge in [-0.05, 0) is 30.7 Å². The van der Waals surface area contributed by atoms with Crippen molar-refractivity contribution in [3.05, 3.63) is 60.2 Å². The standard InChI is InChI=1S/C32H48N4O/c1-2-3-4-5-6-7-8-9-10-11-12-13-14-15-16-19-26-36-30-21-18-17-20-29(30)35-31(36)27-34-32(37)28-22-24-33-25-23-28/h17-18,20-25H,2-16,19,26-27H2,1H3,(H,34,37). The van der Waals surface area contributed by atoms with Crippen LogP contribution >= 0.6 is 0 Å². The first-order chi connectivity index (χ1) is 18.3. The number of aryl methyl sites for hydroxylation is 1. The molecule has 1 N–H and O–H groups in total. The quantitative estimate of drug-likeness (QED) is 0.157. The smallest absolute Gasteiger partial charge is 0.251 e. The molecule has 5 heteroatoms. The first-order valence-corrected chi connectivity index (χ1v) is 14.9. The maximum atomic E-state index is 12.5. The van der Waals surface area contributed by atoms with Crippen molar-refractivity contribution in [1.82, 2.24) is 19.9 Å². The summed E-state index contributed by atoms with van der Waals surface area (Å²) in [4.78, 5) is 21.3. The van der Waals surface area contributed by atoms with Crippen LogP contribution in [0, 0.1) is 0 Å². The fourth-order valence-corrected chi connectivity index (χ4v) is 5.09. The molecule has 2 heterocycles. The summed E-state index contributed by atoms with van der Waals surface area (Å²) >= 11 is 0. The molecule has 2 aromatic heterocycles. The van der Waals surface area contributed by atoms with Crippen LogP contribution in [0.4, 0.5) is 0 Å². The van der Waals surface area contributed by atoms with Gasteiger partial charge in [0.25, 0.3) is 5.91 Å². The average Bonchev–Trinajstić information content (AvgIpc) is 3.29. The molecule has 0 fully saturated rings. The summed E-state index contributed by atoms with van der Waals surface area (Å²) < 4.78 is 2.28. The third-order valence-electron chi connectivity index (χ3n) is 7.32. The zero-order valence-electron chi connectivity index (χ0n) is 23.1. The van der Waals surface area contributed by atoms with Crippen LogP contribution in [0.15, 0.2) is 48.8 Å². The molecular weight excluding hydrogens is 456 g/mol. The van der Waals surface area contributed by atoms with Gasteiger partial charge in [-0.3, -0.25) is 9.78 Å². The molecule has 1 aromatic carbocycles. The Balaban J connectivity index is 1.28. The lowest BCUT2D eigenvalue weighted by Gasteiger charge is -2.10. The normalized spacial score (nSPS) is 11.3. The molecule has 3 aromatic rings. The number of hydrogen-bond donors (Lipinski definition) is 1. The summed E-state index contributed by atoms with van der Waals surface area (Å²) in [5.41, 5.74) is 2.76. The van der Waals surface area contributed by atoms with Crippen LogP contribution < -0.4 is 5.32 Å². The van der Waals surface area contributed by atoms with Gasteiger partial charge in [0.1, 0.15) is 5.82 Å². The lowest BCUT2D eigenvalue weighted by Crippen LogP contribution is -2.24. The first-order valence-electron chi connectivity index (χ1n) is 14.9. The second-order valence-corrected chi connectivity index (χ2v) is 10.4. The molecule has 0 radical (unpaired) electrons. The second-order valence-electron chi connectivity index (χ2n) is 10.4. The maximum Gasteiger partial charge on any atom is 0.251 e. The number of para-hydroxylation sites is 2. The lowest BCUT2D eigenvalue weighted by atomic mass is 10.0. The average molecular weight is 505 g/mol. The van der Waals surface area contributed by atoms with Crippen molar-refractivity contribution in [3.63, 3.8) is 0 Å². The maximum absolute atomic E-state index is 12.5. The fraction of sp³-hybridized carbons (Fsp3) is 0.594. The van der Waals surface area contributed by atoms with Gasteiger partial charge in [-0.25, -0.2) is 4.98 Å². The Hall–Kier alpha value is -2.69. The number of hydrogen-bond acceptors (Lipinski definition) is 3. The van der Waals surface area contributed by atoms with E-state index in [9.17, 15) is 4.79 Å². The molecule has 0 saturated heterocycles. The Morgan fingerprint density at radius 2 is 1.27 bits per heavy atom. The van der Waals surface area contributed by atoms with Crippen LogP contribution in [0.25, 0.3) is 11.0 Å². The number of carbonyl (C=O) groups is 1. The molecule has 0 aliphatic carbocycles. The van der Waals surface area contributed by atoms with Crippen molar-refractivity contribution < 1.29 is 4.79 Å². The van der Waals surface area contributed by atoms with Crippen LogP contribution in [0.1, 0.15) is 126 Å². The highest BCUT2D eigenvalue weighted by Crippen LogP contribution is 2.18. The molecule has 3 rings (SSSR count). The highest BCUT2D eigenvalue weighted by Gasteiger charge is 2.12. The molecule has 0 bridgehead atoms. The van der Waals surface area contributed by atoms with Gasteiger partial charge in [0, 0.05) is 24.5 Å². The van der Waals surface area contributed by atoms with Gasteiger partial charge >= 0.3 is 0 Å². The zero-order valence-corrected chi connectivity index (χ0v) is 23.1. The van der Waals surface area contributed by atoms with Crippen molar-refractivity contribution in [2.24, 2.45) is 0 Å². The third-order valence-corrected chi connectivity index (χ3v) is 7.32. The van der Waals surface area contributed by atoms with Gasteiger partial charge in [-0.15, -0.1) is 0 Å². The highest BCUT2D eigenvalue weighted by atomic mass is 16.1. The minimum absolute atomic E-state index is 0.0941. The molecule has 0 saturated carbocycles. The van der Waals surface area contributed by atoms with Gasteiger partial charge in [-0.2, -0.15) is 0 Å². The number of amides is 1. The van der Waals surface area contributed by atoms with Crippen molar-refractivity contribution in [2.75, 3.05) is 0 Å². The minimum Gasteiger partial charge on any atom is -0.345 e. The minimum atomic E-state index is -0.0941. The van der Waals surface area contributed by atoms with Crippen LogP contribution in [0.3, 0.4) is 0 Å². The van der Waals surface area contributed by atoms with E-state index in [0.717, 1.165) is 29.8 Å². The topological polar surface area (TPSA) is 59.8 Å². The summed E-state index contributed by atoms with van der Waals surface area (Å²) in [7, 11) is 0. The second kappa shape index (κ2) is 17.7. The van der Waals surface area contributed by atoms with Gasteiger partial charge < -0.3 is 9.88 Å². The molecule has 0 spiro atoms. The summed E-state index contributed by atoms with van der Waals surface area (Å²) in [5.74, 6) is 0.827. The van der Waals surface area contributed by atoms with E-state index in [0.29, 0.717) is 12.1 Å². The summed E-state index contributed by atoms with van der Waals surface area (Å²) in [6.45, 7) is 3.66. The third kappa shape index (κ3) is 10.7. The molecule has 202 valence electrons. The monoisotopic (exact) mass is 504 g/mol. The van der Waals surface area contributed by atoms with E-state index in [2.05, 4.69) is 33.9 Å². The predicted octanol–water partition coefficient (Wildman–Crippen LogP) is 8.62. The number of fused-ring (bicyclic) bond motifs is 1. The van der Waals surface area contributed by atoms with E-state index < -0.39 is 0 Å². The number of nitrogens with one attached hydrogen (secondary N) is 1.